The highest BCUT2D eigenvalue weighted by Gasteiger charge is 2.27. The number of amides is 1. The summed E-state index contributed by atoms with van der Waals surface area (Å²) in [5.74, 6) is -2.15. The molecule has 0 saturated heterocycles. The lowest BCUT2D eigenvalue weighted by Crippen LogP contribution is -2.49. The number of hydrogen-bond donors (Lipinski definition) is 2. The van der Waals surface area contributed by atoms with Gasteiger partial charge in [-0.2, -0.15) is 0 Å². The van der Waals surface area contributed by atoms with E-state index in [1.807, 2.05) is 0 Å². The molecule has 0 bridgehead atoms. The van der Waals surface area contributed by atoms with Crippen LogP contribution in [0.5, 0.6) is 5.75 Å². The van der Waals surface area contributed by atoms with Crippen molar-refractivity contribution in [2.24, 2.45) is 0 Å². The number of hydrogen-bond acceptors (Lipinski definition) is 3. The SMILES string of the molecule is COc1ccc(C=CC(=O)NC(C)(C)C(=O)O)cc1F. The summed E-state index contributed by atoms with van der Waals surface area (Å²) in [6.07, 6.45) is 2.53. The van der Waals surface area contributed by atoms with Crippen molar-refractivity contribution in [3.05, 3.63) is 35.7 Å². The van der Waals surface area contributed by atoms with Crippen LogP contribution in [0.4, 0.5) is 4.39 Å². The van der Waals surface area contributed by atoms with Gasteiger partial charge in [0, 0.05) is 6.08 Å². The molecule has 0 fully saturated rings. The van der Waals surface area contributed by atoms with Crippen molar-refractivity contribution in [2.75, 3.05) is 7.11 Å². The molecule has 5 nitrogen and oxygen atoms in total. The fourth-order valence-electron chi connectivity index (χ4n) is 1.36. The summed E-state index contributed by atoms with van der Waals surface area (Å²) >= 11 is 0. The van der Waals surface area contributed by atoms with Gasteiger partial charge in [-0.1, -0.05) is 6.07 Å². The zero-order valence-corrected chi connectivity index (χ0v) is 11.4. The van der Waals surface area contributed by atoms with Crippen LogP contribution in [-0.4, -0.2) is 29.6 Å². The Bertz CT molecular complexity index is 552. The number of methoxy groups -OCH3 is 1. The predicted octanol–water partition coefficient (Wildman–Crippen LogP) is 1.83. The molecule has 0 unspecified atom stereocenters. The molecule has 2 N–H and O–H groups in total. The fraction of sp³-hybridized carbons (Fsp3) is 0.286. The van der Waals surface area contributed by atoms with E-state index in [9.17, 15) is 14.0 Å². The van der Waals surface area contributed by atoms with E-state index in [4.69, 9.17) is 9.84 Å². The Morgan fingerprint density at radius 1 is 1.40 bits per heavy atom. The molecule has 0 spiro atoms. The van der Waals surface area contributed by atoms with Crippen LogP contribution in [0.2, 0.25) is 0 Å². The van der Waals surface area contributed by atoms with Crippen LogP contribution >= 0.6 is 0 Å². The lowest BCUT2D eigenvalue weighted by molar-refractivity contribution is -0.145. The molecule has 0 aliphatic heterocycles. The van der Waals surface area contributed by atoms with Crippen molar-refractivity contribution in [3.63, 3.8) is 0 Å². The van der Waals surface area contributed by atoms with Gasteiger partial charge in [0.15, 0.2) is 11.6 Å². The number of rotatable bonds is 5. The highest BCUT2D eigenvalue weighted by Crippen LogP contribution is 2.18. The van der Waals surface area contributed by atoms with Crippen LogP contribution < -0.4 is 10.1 Å². The number of nitrogens with one attached hydrogen (secondary N) is 1. The molecule has 1 rings (SSSR count). The van der Waals surface area contributed by atoms with Crippen LogP contribution in [-0.2, 0) is 9.59 Å². The summed E-state index contributed by atoms with van der Waals surface area (Å²) in [6.45, 7) is 2.74. The quantitative estimate of drug-likeness (QED) is 0.807. The number of ether oxygens (including phenoxy) is 1. The number of benzene rings is 1. The van der Waals surface area contributed by atoms with E-state index in [-0.39, 0.29) is 5.75 Å². The van der Waals surface area contributed by atoms with Crippen LogP contribution in [0.15, 0.2) is 24.3 Å². The maximum atomic E-state index is 13.4. The molecule has 0 saturated carbocycles. The second-order valence-corrected chi connectivity index (χ2v) is 4.65. The van der Waals surface area contributed by atoms with Gasteiger partial charge in [-0.3, -0.25) is 4.79 Å². The van der Waals surface area contributed by atoms with Crippen molar-refractivity contribution in [3.8, 4) is 5.75 Å². The number of carboxylic acid groups (broad SMARTS) is 1. The van der Waals surface area contributed by atoms with E-state index in [2.05, 4.69) is 5.32 Å². The average Bonchev–Trinajstić information content (AvgIpc) is 2.35. The summed E-state index contributed by atoms with van der Waals surface area (Å²) in [5.41, 5.74) is -0.904. The van der Waals surface area contributed by atoms with Crippen molar-refractivity contribution in [2.45, 2.75) is 19.4 Å². The molecule has 1 aromatic carbocycles. The summed E-state index contributed by atoms with van der Waals surface area (Å²) in [5, 5.41) is 11.2. The van der Waals surface area contributed by atoms with Gasteiger partial charge in [0.1, 0.15) is 5.54 Å². The van der Waals surface area contributed by atoms with Gasteiger partial charge in [0.2, 0.25) is 5.91 Å². The third kappa shape index (κ3) is 4.08. The third-order valence-corrected chi connectivity index (χ3v) is 2.57. The zero-order chi connectivity index (χ0) is 15.3. The van der Waals surface area contributed by atoms with E-state index in [0.29, 0.717) is 5.56 Å². The molecule has 0 radical (unpaired) electrons. The third-order valence-electron chi connectivity index (χ3n) is 2.57. The number of carbonyl (C=O) groups is 2. The maximum absolute atomic E-state index is 13.4. The Morgan fingerprint density at radius 3 is 2.55 bits per heavy atom. The molecule has 0 aliphatic carbocycles. The minimum Gasteiger partial charge on any atom is -0.494 e. The van der Waals surface area contributed by atoms with E-state index in [1.165, 1.54) is 39.2 Å². The molecule has 0 atom stereocenters. The Labute approximate surface area is 116 Å². The molecule has 1 amide bonds. The normalized spacial score (nSPS) is 11.4. The van der Waals surface area contributed by atoms with Gasteiger partial charge in [-0.25, -0.2) is 9.18 Å². The first kappa shape index (κ1) is 15.7. The molecule has 0 aromatic heterocycles. The number of halogens is 1. The molecule has 6 heteroatoms. The lowest BCUT2D eigenvalue weighted by Gasteiger charge is -2.19. The van der Waals surface area contributed by atoms with Crippen molar-refractivity contribution in [1.29, 1.82) is 0 Å². The van der Waals surface area contributed by atoms with Gasteiger partial charge in [-0.05, 0) is 37.6 Å². The van der Waals surface area contributed by atoms with Gasteiger partial charge < -0.3 is 15.2 Å². The minimum atomic E-state index is -1.37. The van der Waals surface area contributed by atoms with Gasteiger partial charge in [-0.15, -0.1) is 0 Å². The van der Waals surface area contributed by atoms with Crippen molar-refractivity contribution >= 4 is 18.0 Å². The van der Waals surface area contributed by atoms with Crippen LogP contribution in [0.3, 0.4) is 0 Å². The predicted molar refractivity (Wildman–Crippen MR) is 71.8 cm³/mol. The lowest BCUT2D eigenvalue weighted by atomic mass is 10.1. The fourth-order valence-corrected chi connectivity index (χ4v) is 1.36. The molecule has 0 aliphatic rings. The first-order chi connectivity index (χ1) is 9.26. The van der Waals surface area contributed by atoms with Crippen LogP contribution in [0.25, 0.3) is 6.08 Å². The first-order valence-electron chi connectivity index (χ1n) is 5.83. The standard InChI is InChI=1S/C14H16FNO4/c1-14(2,13(18)19)16-12(17)7-5-9-4-6-11(20-3)10(15)8-9/h4-8H,1-3H3,(H,16,17)(H,18,19). The van der Waals surface area contributed by atoms with Crippen LogP contribution in [0, 0.1) is 5.82 Å². The number of carboxylic acids is 1. The molecular formula is C14H16FNO4. The van der Waals surface area contributed by atoms with Gasteiger partial charge in [0.25, 0.3) is 0 Å². The van der Waals surface area contributed by atoms with Gasteiger partial charge >= 0.3 is 5.97 Å². The van der Waals surface area contributed by atoms with E-state index in [1.54, 1.807) is 6.07 Å². The smallest absolute Gasteiger partial charge is 0.328 e. The van der Waals surface area contributed by atoms with Gasteiger partial charge in [0.05, 0.1) is 7.11 Å². The largest absolute Gasteiger partial charge is 0.494 e. The second kappa shape index (κ2) is 6.18. The van der Waals surface area contributed by atoms with E-state index >= 15 is 0 Å². The molecular weight excluding hydrogens is 265 g/mol. The van der Waals surface area contributed by atoms with Crippen molar-refractivity contribution in [1.82, 2.24) is 5.32 Å². The topological polar surface area (TPSA) is 75.6 Å². The second-order valence-electron chi connectivity index (χ2n) is 4.65. The number of carbonyl (C=O) groups excluding carboxylic acids is 1. The summed E-state index contributed by atoms with van der Waals surface area (Å²) in [7, 11) is 1.36. The highest BCUT2D eigenvalue weighted by molar-refractivity contribution is 5.95. The Balaban J connectivity index is 2.75. The van der Waals surface area contributed by atoms with Crippen LogP contribution in [0.1, 0.15) is 19.4 Å². The Hall–Kier alpha value is -2.37. The van der Waals surface area contributed by atoms with E-state index in [0.717, 1.165) is 6.08 Å². The molecule has 0 heterocycles. The van der Waals surface area contributed by atoms with E-state index < -0.39 is 23.2 Å². The molecule has 108 valence electrons. The summed E-state index contributed by atoms with van der Waals surface area (Å²) < 4.78 is 18.2. The average molecular weight is 281 g/mol. The first-order valence-corrected chi connectivity index (χ1v) is 5.83. The highest BCUT2D eigenvalue weighted by atomic mass is 19.1. The Kier molecular flexibility index (Phi) is 4.85. The number of aliphatic carboxylic acids is 1. The Morgan fingerprint density at radius 2 is 2.05 bits per heavy atom. The minimum absolute atomic E-state index is 0.110. The zero-order valence-electron chi connectivity index (χ0n) is 11.4. The maximum Gasteiger partial charge on any atom is 0.328 e. The monoisotopic (exact) mass is 281 g/mol. The summed E-state index contributed by atoms with van der Waals surface area (Å²) in [4.78, 5) is 22.4. The summed E-state index contributed by atoms with van der Waals surface area (Å²) in [6, 6.07) is 4.23. The molecule has 1 aromatic rings. The molecule has 20 heavy (non-hydrogen) atoms. The van der Waals surface area contributed by atoms with Crippen molar-refractivity contribution < 1.29 is 23.8 Å².